The Balaban J connectivity index is 2.11. The number of hydrogen-bond donors (Lipinski definition) is 2. The highest BCUT2D eigenvalue weighted by Crippen LogP contribution is 2.22. The summed E-state index contributed by atoms with van der Waals surface area (Å²) in [5.41, 5.74) is 0.944. The minimum Gasteiger partial charge on any atom is -0.394 e. The van der Waals surface area contributed by atoms with Crippen molar-refractivity contribution < 1.29 is 13.9 Å². The second-order valence-electron chi connectivity index (χ2n) is 4.25. The molecule has 4 nitrogen and oxygen atoms in total. The van der Waals surface area contributed by atoms with E-state index in [1.54, 1.807) is 24.0 Å². The molecule has 0 aliphatic rings. The number of nitrogens with zero attached hydrogens (tertiary/aromatic N) is 2. The van der Waals surface area contributed by atoms with Crippen molar-refractivity contribution in [1.82, 2.24) is 9.78 Å². The number of benzene rings is 1. The molecule has 1 aromatic carbocycles. The van der Waals surface area contributed by atoms with Crippen molar-refractivity contribution in [2.75, 3.05) is 11.9 Å². The van der Waals surface area contributed by atoms with E-state index < -0.39 is 11.6 Å². The Morgan fingerprint density at radius 2 is 2.21 bits per heavy atom. The van der Waals surface area contributed by atoms with Crippen molar-refractivity contribution in [3.05, 3.63) is 47.8 Å². The van der Waals surface area contributed by atoms with Gasteiger partial charge in [0.2, 0.25) is 0 Å². The van der Waals surface area contributed by atoms with Crippen LogP contribution in [0.3, 0.4) is 0 Å². The van der Waals surface area contributed by atoms with Gasteiger partial charge in [-0.25, -0.2) is 8.78 Å². The minimum absolute atomic E-state index is 0.00476. The lowest BCUT2D eigenvalue weighted by atomic mass is 10.1. The van der Waals surface area contributed by atoms with E-state index >= 15 is 0 Å². The van der Waals surface area contributed by atoms with Gasteiger partial charge in [0, 0.05) is 11.8 Å². The van der Waals surface area contributed by atoms with Crippen LogP contribution < -0.4 is 5.32 Å². The molecule has 1 unspecified atom stereocenters. The molecular weight excluding hydrogens is 252 g/mol. The fourth-order valence-electron chi connectivity index (χ4n) is 1.84. The Hall–Kier alpha value is -1.95. The molecule has 0 spiro atoms. The van der Waals surface area contributed by atoms with Crippen LogP contribution >= 0.6 is 0 Å². The first-order valence-corrected chi connectivity index (χ1v) is 5.95. The van der Waals surface area contributed by atoms with Crippen LogP contribution in [0.2, 0.25) is 0 Å². The normalized spacial score (nSPS) is 12.4. The summed E-state index contributed by atoms with van der Waals surface area (Å²) < 4.78 is 28.3. The third-order valence-corrected chi connectivity index (χ3v) is 2.77. The van der Waals surface area contributed by atoms with E-state index in [-0.39, 0.29) is 18.2 Å². The number of aliphatic hydroxyl groups excluding tert-OH is 1. The topological polar surface area (TPSA) is 50.1 Å². The Kier molecular flexibility index (Phi) is 4.11. The Bertz CT molecular complexity index is 557. The van der Waals surface area contributed by atoms with Crippen LogP contribution in [0.5, 0.6) is 0 Å². The standard InChI is InChI=1S/C13H15F2N3O/c1-9(12-6-10(14)2-3-13(12)15)17-11-7-16-18(8-11)4-5-19/h2-3,6-9,17,19H,4-5H2,1H3. The molecule has 0 fully saturated rings. The largest absolute Gasteiger partial charge is 0.394 e. The Labute approximate surface area is 109 Å². The van der Waals surface area contributed by atoms with Gasteiger partial charge in [-0.2, -0.15) is 5.10 Å². The van der Waals surface area contributed by atoms with Crippen molar-refractivity contribution in [2.45, 2.75) is 19.5 Å². The van der Waals surface area contributed by atoms with Crippen molar-refractivity contribution in [3.63, 3.8) is 0 Å². The van der Waals surface area contributed by atoms with E-state index in [1.165, 1.54) is 6.07 Å². The molecule has 0 aliphatic heterocycles. The summed E-state index contributed by atoms with van der Waals surface area (Å²) in [5, 5.41) is 15.8. The van der Waals surface area contributed by atoms with Gasteiger partial charge >= 0.3 is 0 Å². The SMILES string of the molecule is CC(Nc1cnn(CCO)c1)c1cc(F)ccc1F. The fourth-order valence-corrected chi connectivity index (χ4v) is 1.84. The van der Waals surface area contributed by atoms with Crippen LogP contribution in [0.1, 0.15) is 18.5 Å². The number of nitrogens with one attached hydrogen (secondary N) is 1. The number of halogens is 2. The molecule has 19 heavy (non-hydrogen) atoms. The summed E-state index contributed by atoms with van der Waals surface area (Å²) in [5.74, 6) is -0.926. The molecule has 0 bridgehead atoms. The molecule has 0 saturated carbocycles. The molecule has 2 rings (SSSR count). The highest BCUT2D eigenvalue weighted by molar-refractivity contribution is 5.41. The lowest BCUT2D eigenvalue weighted by Gasteiger charge is -2.14. The molecule has 6 heteroatoms. The summed E-state index contributed by atoms with van der Waals surface area (Å²) in [6.07, 6.45) is 3.27. The van der Waals surface area contributed by atoms with E-state index in [0.717, 1.165) is 12.1 Å². The molecule has 0 amide bonds. The third-order valence-electron chi connectivity index (χ3n) is 2.77. The van der Waals surface area contributed by atoms with E-state index in [9.17, 15) is 8.78 Å². The number of aromatic nitrogens is 2. The highest BCUT2D eigenvalue weighted by Gasteiger charge is 2.12. The van der Waals surface area contributed by atoms with Gasteiger partial charge in [-0.05, 0) is 25.1 Å². The maximum atomic E-state index is 13.6. The zero-order valence-electron chi connectivity index (χ0n) is 10.5. The van der Waals surface area contributed by atoms with Crippen molar-refractivity contribution in [3.8, 4) is 0 Å². The van der Waals surface area contributed by atoms with Gasteiger partial charge in [0.05, 0.1) is 31.1 Å². The number of aliphatic hydroxyl groups is 1. The van der Waals surface area contributed by atoms with Crippen LogP contribution in [-0.4, -0.2) is 21.5 Å². The first kappa shape index (κ1) is 13.5. The molecule has 2 aromatic rings. The average molecular weight is 267 g/mol. The van der Waals surface area contributed by atoms with Crippen molar-refractivity contribution >= 4 is 5.69 Å². The number of anilines is 1. The second-order valence-corrected chi connectivity index (χ2v) is 4.25. The first-order chi connectivity index (χ1) is 9.10. The molecule has 1 heterocycles. The number of rotatable bonds is 5. The maximum absolute atomic E-state index is 13.6. The summed E-state index contributed by atoms with van der Waals surface area (Å²) >= 11 is 0. The Morgan fingerprint density at radius 1 is 1.42 bits per heavy atom. The minimum atomic E-state index is -0.471. The summed E-state index contributed by atoms with van der Waals surface area (Å²) in [7, 11) is 0. The van der Waals surface area contributed by atoms with E-state index in [0.29, 0.717) is 12.2 Å². The molecule has 1 aromatic heterocycles. The maximum Gasteiger partial charge on any atom is 0.128 e. The van der Waals surface area contributed by atoms with Gasteiger partial charge in [-0.1, -0.05) is 0 Å². The van der Waals surface area contributed by atoms with Gasteiger partial charge in [0.1, 0.15) is 11.6 Å². The zero-order valence-corrected chi connectivity index (χ0v) is 10.5. The van der Waals surface area contributed by atoms with Crippen LogP contribution in [0.15, 0.2) is 30.6 Å². The summed E-state index contributed by atoms with van der Waals surface area (Å²) in [6, 6.07) is 2.98. The van der Waals surface area contributed by atoms with Crippen LogP contribution in [-0.2, 0) is 6.54 Å². The van der Waals surface area contributed by atoms with Gasteiger partial charge in [-0.3, -0.25) is 4.68 Å². The zero-order chi connectivity index (χ0) is 13.8. The molecular formula is C13H15F2N3O. The molecule has 2 N–H and O–H groups in total. The monoisotopic (exact) mass is 267 g/mol. The Morgan fingerprint density at radius 3 is 2.95 bits per heavy atom. The van der Waals surface area contributed by atoms with E-state index in [1.807, 2.05) is 0 Å². The third kappa shape index (κ3) is 3.29. The highest BCUT2D eigenvalue weighted by atomic mass is 19.1. The van der Waals surface area contributed by atoms with Gasteiger partial charge in [-0.15, -0.1) is 0 Å². The molecule has 0 aliphatic carbocycles. The first-order valence-electron chi connectivity index (χ1n) is 5.95. The molecule has 102 valence electrons. The van der Waals surface area contributed by atoms with Crippen LogP contribution in [0.4, 0.5) is 14.5 Å². The fraction of sp³-hybridized carbons (Fsp3) is 0.308. The second kappa shape index (κ2) is 5.79. The molecule has 0 radical (unpaired) electrons. The summed E-state index contributed by atoms with van der Waals surface area (Å²) in [6.45, 7) is 2.13. The predicted octanol–water partition coefficient (Wildman–Crippen LogP) is 2.33. The predicted molar refractivity (Wildman–Crippen MR) is 67.7 cm³/mol. The lowest BCUT2D eigenvalue weighted by Crippen LogP contribution is -2.08. The molecule has 0 saturated heterocycles. The summed E-state index contributed by atoms with van der Waals surface area (Å²) in [4.78, 5) is 0. The van der Waals surface area contributed by atoms with E-state index in [2.05, 4.69) is 10.4 Å². The smallest absolute Gasteiger partial charge is 0.128 e. The average Bonchev–Trinajstić information content (AvgIpc) is 2.80. The van der Waals surface area contributed by atoms with E-state index in [4.69, 9.17) is 5.11 Å². The van der Waals surface area contributed by atoms with Crippen LogP contribution in [0.25, 0.3) is 0 Å². The van der Waals surface area contributed by atoms with Crippen LogP contribution in [0, 0.1) is 11.6 Å². The van der Waals surface area contributed by atoms with Crippen molar-refractivity contribution in [2.24, 2.45) is 0 Å². The van der Waals surface area contributed by atoms with Gasteiger partial charge in [0.25, 0.3) is 0 Å². The quantitative estimate of drug-likeness (QED) is 0.874. The van der Waals surface area contributed by atoms with Gasteiger partial charge in [0.15, 0.2) is 0 Å². The lowest BCUT2D eigenvalue weighted by molar-refractivity contribution is 0.269. The van der Waals surface area contributed by atoms with Crippen molar-refractivity contribution in [1.29, 1.82) is 0 Å². The number of hydrogen-bond acceptors (Lipinski definition) is 3. The van der Waals surface area contributed by atoms with Gasteiger partial charge < -0.3 is 10.4 Å². The molecule has 1 atom stereocenters.